The highest BCUT2D eigenvalue weighted by Gasteiger charge is 2.42. The van der Waals surface area contributed by atoms with Crippen LogP contribution in [0.25, 0.3) is 0 Å². The molecule has 2 fully saturated rings. The number of piperidine rings is 1. The number of amides is 1. The highest BCUT2D eigenvalue weighted by molar-refractivity contribution is 6.22. The van der Waals surface area contributed by atoms with Crippen molar-refractivity contribution in [1.82, 2.24) is 5.32 Å². The summed E-state index contributed by atoms with van der Waals surface area (Å²) in [5, 5.41) is 2.97. The number of nitrogens with one attached hydrogen (secondary N) is 1. The topological polar surface area (TPSA) is 29.1 Å². The first kappa shape index (κ1) is 6.47. The highest BCUT2D eigenvalue weighted by Crippen LogP contribution is 2.37. The minimum absolute atomic E-state index is 0.111. The molecule has 1 heterocycles. The summed E-state index contributed by atoms with van der Waals surface area (Å²) < 4.78 is 0. The molecule has 10 heavy (non-hydrogen) atoms. The fourth-order valence-corrected chi connectivity index (χ4v) is 2.35. The van der Waals surface area contributed by atoms with Gasteiger partial charge in [0.1, 0.15) is 0 Å². The van der Waals surface area contributed by atoms with Crippen molar-refractivity contribution in [3.8, 4) is 0 Å². The van der Waals surface area contributed by atoms with E-state index in [2.05, 4.69) is 5.32 Å². The van der Waals surface area contributed by atoms with Crippen LogP contribution >= 0.6 is 11.6 Å². The number of fused-ring (bicyclic) bond motifs is 2. The van der Waals surface area contributed by atoms with E-state index < -0.39 is 0 Å². The van der Waals surface area contributed by atoms with Crippen LogP contribution in [0.3, 0.4) is 0 Å². The summed E-state index contributed by atoms with van der Waals surface area (Å²) in [5.41, 5.74) is 0. The molecular weight excluding hydrogens is 150 g/mol. The number of carbonyl (C=O) groups excluding carboxylic acids is 1. The first-order valence-corrected chi connectivity index (χ1v) is 4.14. The molecule has 1 saturated heterocycles. The van der Waals surface area contributed by atoms with Gasteiger partial charge in [-0.1, -0.05) is 0 Å². The number of hydrogen-bond donors (Lipinski definition) is 1. The van der Waals surface area contributed by atoms with E-state index in [0.717, 1.165) is 19.4 Å². The molecule has 0 aromatic rings. The Labute approximate surface area is 64.9 Å². The van der Waals surface area contributed by atoms with E-state index >= 15 is 0 Å². The van der Waals surface area contributed by atoms with Crippen LogP contribution in [-0.2, 0) is 4.79 Å². The summed E-state index contributed by atoms with van der Waals surface area (Å²) in [6, 6.07) is 0. The van der Waals surface area contributed by atoms with E-state index in [1.807, 2.05) is 0 Å². The predicted molar refractivity (Wildman–Crippen MR) is 38.9 cm³/mol. The van der Waals surface area contributed by atoms with Gasteiger partial charge in [-0.2, -0.15) is 0 Å². The quantitative estimate of drug-likeness (QED) is 0.520. The zero-order valence-electron chi connectivity index (χ0n) is 5.64. The molecule has 1 saturated carbocycles. The lowest BCUT2D eigenvalue weighted by atomic mass is 9.99. The van der Waals surface area contributed by atoms with E-state index in [1.165, 1.54) is 0 Å². The van der Waals surface area contributed by atoms with Gasteiger partial charge in [0.05, 0.1) is 5.92 Å². The summed E-state index contributed by atoms with van der Waals surface area (Å²) in [6.45, 7) is 0.795. The Morgan fingerprint density at radius 2 is 2.30 bits per heavy atom. The maximum absolute atomic E-state index is 11.1. The molecular formula is C7H10ClNO. The maximum atomic E-state index is 11.1. The monoisotopic (exact) mass is 159 g/mol. The van der Waals surface area contributed by atoms with Gasteiger partial charge in [-0.15, -0.1) is 11.6 Å². The van der Waals surface area contributed by atoms with Crippen LogP contribution in [0.1, 0.15) is 12.8 Å². The Kier molecular flexibility index (Phi) is 1.37. The number of rotatable bonds is 0. The molecule has 1 N–H and O–H groups in total. The summed E-state index contributed by atoms with van der Waals surface area (Å²) in [5.74, 6) is 0.818. The van der Waals surface area contributed by atoms with Crippen molar-refractivity contribution in [2.75, 3.05) is 6.54 Å². The van der Waals surface area contributed by atoms with Crippen LogP contribution in [0.15, 0.2) is 0 Å². The largest absolute Gasteiger partial charge is 0.355 e. The molecule has 3 atom stereocenters. The van der Waals surface area contributed by atoms with Gasteiger partial charge in [0.25, 0.3) is 0 Å². The third-order valence-electron chi connectivity index (χ3n) is 2.56. The second-order valence-corrected chi connectivity index (χ2v) is 3.64. The fourth-order valence-electron chi connectivity index (χ4n) is 1.89. The fraction of sp³-hybridized carbons (Fsp3) is 0.857. The summed E-state index contributed by atoms with van der Waals surface area (Å²) in [4.78, 5) is 11.1. The Hall–Kier alpha value is -0.240. The van der Waals surface area contributed by atoms with Gasteiger partial charge in [-0.05, 0) is 18.8 Å². The number of alkyl halides is 1. The van der Waals surface area contributed by atoms with Gasteiger partial charge >= 0.3 is 0 Å². The number of hydrogen-bond acceptors (Lipinski definition) is 1. The van der Waals surface area contributed by atoms with Crippen LogP contribution in [0.5, 0.6) is 0 Å². The molecule has 2 nitrogen and oxygen atoms in total. The van der Waals surface area contributed by atoms with E-state index in [0.29, 0.717) is 5.92 Å². The molecule has 3 heteroatoms. The summed E-state index contributed by atoms with van der Waals surface area (Å²) >= 11 is 6.01. The molecule has 0 spiro atoms. The average Bonchev–Trinajstić information content (AvgIpc) is 2.13. The van der Waals surface area contributed by atoms with Gasteiger partial charge < -0.3 is 5.32 Å². The van der Waals surface area contributed by atoms with Crippen LogP contribution in [0, 0.1) is 11.8 Å². The maximum Gasteiger partial charge on any atom is 0.224 e. The molecule has 1 aliphatic carbocycles. The first-order valence-electron chi connectivity index (χ1n) is 3.71. The van der Waals surface area contributed by atoms with E-state index in [9.17, 15) is 4.79 Å². The second kappa shape index (κ2) is 2.12. The van der Waals surface area contributed by atoms with Crippen LogP contribution in [0.4, 0.5) is 0 Å². The Balaban J connectivity index is 2.20. The lowest BCUT2D eigenvalue weighted by molar-refractivity contribution is -0.125. The molecule has 0 radical (unpaired) electrons. The predicted octanol–water partition coefficient (Wildman–Crippen LogP) is 0.750. The number of halogens is 1. The van der Waals surface area contributed by atoms with Crippen molar-refractivity contribution < 1.29 is 4.79 Å². The zero-order valence-corrected chi connectivity index (χ0v) is 6.40. The number of carbonyl (C=O) groups is 1. The van der Waals surface area contributed by atoms with Crippen molar-refractivity contribution in [2.45, 2.75) is 18.2 Å². The lowest BCUT2D eigenvalue weighted by Crippen LogP contribution is -2.43. The van der Waals surface area contributed by atoms with Gasteiger partial charge in [0.2, 0.25) is 5.91 Å². The standard InChI is InChI=1S/C7H10ClNO/c8-6-4-1-2-5(6)7(10)9-3-4/h4-6H,1-3H2,(H,9,10)/t4-,5-,6+/m0/s1. The molecule has 1 amide bonds. The van der Waals surface area contributed by atoms with Gasteiger partial charge in [0, 0.05) is 11.9 Å². The molecule has 0 aromatic carbocycles. The SMILES string of the molecule is O=C1NC[C@@H]2CC[C@H]1[C@@H]2Cl. The van der Waals surface area contributed by atoms with Gasteiger partial charge in [-0.3, -0.25) is 4.79 Å². The van der Waals surface area contributed by atoms with Crippen molar-refractivity contribution in [3.63, 3.8) is 0 Å². The highest BCUT2D eigenvalue weighted by atomic mass is 35.5. The van der Waals surface area contributed by atoms with Crippen LogP contribution in [0.2, 0.25) is 0 Å². The zero-order chi connectivity index (χ0) is 7.14. The third-order valence-corrected chi connectivity index (χ3v) is 3.22. The molecule has 2 rings (SSSR count). The van der Waals surface area contributed by atoms with Gasteiger partial charge in [0.15, 0.2) is 0 Å². The molecule has 2 aliphatic rings. The van der Waals surface area contributed by atoms with Crippen LogP contribution < -0.4 is 5.32 Å². The summed E-state index contributed by atoms with van der Waals surface area (Å²) in [6.07, 6.45) is 2.11. The molecule has 56 valence electrons. The van der Waals surface area contributed by atoms with E-state index in [4.69, 9.17) is 11.6 Å². The lowest BCUT2D eigenvalue weighted by Gasteiger charge is -2.24. The second-order valence-electron chi connectivity index (χ2n) is 3.13. The van der Waals surface area contributed by atoms with Crippen molar-refractivity contribution in [1.29, 1.82) is 0 Å². The minimum atomic E-state index is 0.111. The molecule has 0 unspecified atom stereocenters. The normalized spacial score (nSPS) is 45.3. The van der Waals surface area contributed by atoms with Gasteiger partial charge in [-0.25, -0.2) is 0 Å². The van der Waals surface area contributed by atoms with Crippen molar-refractivity contribution >= 4 is 17.5 Å². The average molecular weight is 160 g/mol. The minimum Gasteiger partial charge on any atom is -0.355 e. The Bertz CT molecular complexity index is 171. The first-order chi connectivity index (χ1) is 4.79. The van der Waals surface area contributed by atoms with Crippen molar-refractivity contribution in [3.05, 3.63) is 0 Å². The third kappa shape index (κ3) is 0.749. The molecule has 2 bridgehead atoms. The Morgan fingerprint density at radius 3 is 3.00 bits per heavy atom. The molecule has 1 aliphatic heterocycles. The van der Waals surface area contributed by atoms with Crippen molar-refractivity contribution in [2.24, 2.45) is 11.8 Å². The van der Waals surface area contributed by atoms with E-state index in [1.54, 1.807) is 0 Å². The molecule has 0 aromatic heterocycles. The summed E-state index contributed by atoms with van der Waals surface area (Å²) in [7, 11) is 0. The van der Waals surface area contributed by atoms with E-state index in [-0.39, 0.29) is 17.2 Å². The van der Waals surface area contributed by atoms with Crippen LogP contribution in [-0.4, -0.2) is 17.8 Å². The Morgan fingerprint density at radius 1 is 1.50 bits per heavy atom. The smallest absolute Gasteiger partial charge is 0.224 e.